The Morgan fingerprint density at radius 1 is 1.19 bits per heavy atom. The molecule has 0 saturated carbocycles. The second-order valence-electron chi connectivity index (χ2n) is 6.50. The third-order valence-corrected chi connectivity index (χ3v) is 6.09. The van der Waals surface area contributed by atoms with Gasteiger partial charge in [-0.05, 0) is 19.1 Å². The molecule has 1 fully saturated rings. The van der Waals surface area contributed by atoms with E-state index in [-0.39, 0.29) is 5.91 Å². The van der Waals surface area contributed by atoms with Crippen molar-refractivity contribution in [2.24, 2.45) is 0 Å². The zero-order valence-corrected chi connectivity index (χ0v) is 16.7. The van der Waals surface area contributed by atoms with E-state index >= 15 is 0 Å². The van der Waals surface area contributed by atoms with Gasteiger partial charge in [0, 0.05) is 36.9 Å². The number of carbonyl (C=O) groups excluding carboxylic acids is 1. The lowest BCUT2D eigenvalue weighted by Crippen LogP contribution is -2.48. The van der Waals surface area contributed by atoms with Crippen LogP contribution >= 0.6 is 22.7 Å². The van der Waals surface area contributed by atoms with Gasteiger partial charge in [-0.15, -0.1) is 22.7 Å². The lowest BCUT2D eigenvalue weighted by atomic mass is 10.3. The predicted molar refractivity (Wildman–Crippen MR) is 107 cm³/mol. The highest BCUT2D eigenvalue weighted by atomic mass is 32.1. The third kappa shape index (κ3) is 4.81. The van der Waals surface area contributed by atoms with Gasteiger partial charge in [-0.3, -0.25) is 14.6 Å². The van der Waals surface area contributed by atoms with Gasteiger partial charge in [0.2, 0.25) is 5.91 Å². The molecule has 0 radical (unpaired) electrons. The number of carbonyl (C=O) groups is 1. The first kappa shape index (κ1) is 18.3. The summed E-state index contributed by atoms with van der Waals surface area (Å²) in [5.74, 6) is 0.810. The number of amides is 1. The van der Waals surface area contributed by atoms with Gasteiger partial charge in [0.25, 0.3) is 0 Å². The van der Waals surface area contributed by atoms with Crippen LogP contribution in [-0.4, -0.2) is 58.4 Å². The smallest absolute Gasteiger partial charge is 0.240 e. The Balaban J connectivity index is 1.22. The van der Waals surface area contributed by atoms with Gasteiger partial charge in [-0.25, -0.2) is 9.97 Å². The number of thiazole rings is 2. The molecule has 0 bridgehead atoms. The Labute approximate surface area is 165 Å². The summed E-state index contributed by atoms with van der Waals surface area (Å²) in [7, 11) is 0. The van der Waals surface area contributed by atoms with Crippen LogP contribution in [0.15, 0.2) is 33.6 Å². The Kier molecular flexibility index (Phi) is 5.63. The van der Waals surface area contributed by atoms with Gasteiger partial charge < -0.3 is 9.73 Å². The minimum Gasteiger partial charge on any atom is -0.463 e. The fourth-order valence-electron chi connectivity index (χ4n) is 2.99. The van der Waals surface area contributed by atoms with Gasteiger partial charge in [-0.1, -0.05) is 0 Å². The first-order valence-electron chi connectivity index (χ1n) is 8.81. The van der Waals surface area contributed by atoms with Crippen molar-refractivity contribution < 1.29 is 9.21 Å². The molecule has 4 rings (SSSR count). The number of anilines is 1. The molecule has 27 heavy (non-hydrogen) atoms. The first-order chi connectivity index (χ1) is 13.2. The zero-order chi connectivity index (χ0) is 18.6. The van der Waals surface area contributed by atoms with E-state index in [9.17, 15) is 4.79 Å². The topological polar surface area (TPSA) is 74.5 Å². The van der Waals surface area contributed by atoms with Crippen LogP contribution in [0.25, 0.3) is 11.5 Å². The minimum atomic E-state index is 0.000753. The first-order valence-corrected chi connectivity index (χ1v) is 10.6. The van der Waals surface area contributed by atoms with Crippen molar-refractivity contribution >= 4 is 33.7 Å². The van der Waals surface area contributed by atoms with Gasteiger partial charge in [0.05, 0.1) is 25.0 Å². The number of hydrogen-bond donors (Lipinski definition) is 1. The Morgan fingerprint density at radius 3 is 2.70 bits per heavy atom. The number of hydrogen-bond acceptors (Lipinski definition) is 8. The lowest BCUT2D eigenvalue weighted by Gasteiger charge is -2.33. The average Bonchev–Trinajstić information content (AvgIpc) is 3.39. The van der Waals surface area contributed by atoms with Gasteiger partial charge >= 0.3 is 0 Å². The molecule has 142 valence electrons. The van der Waals surface area contributed by atoms with Crippen LogP contribution in [0.3, 0.4) is 0 Å². The summed E-state index contributed by atoms with van der Waals surface area (Å²) in [5, 5.41) is 8.61. The molecule has 7 nitrogen and oxygen atoms in total. The molecule has 1 aliphatic rings. The third-order valence-electron chi connectivity index (χ3n) is 4.38. The molecular weight excluding hydrogens is 382 g/mol. The number of furan rings is 1. The maximum absolute atomic E-state index is 12.2. The Morgan fingerprint density at radius 2 is 2.00 bits per heavy atom. The van der Waals surface area contributed by atoms with Crippen molar-refractivity contribution in [3.63, 3.8) is 0 Å². The summed E-state index contributed by atoms with van der Waals surface area (Å²) in [4.78, 5) is 25.7. The molecule has 0 aliphatic carbocycles. The molecule has 0 spiro atoms. The fourth-order valence-corrected chi connectivity index (χ4v) is 4.52. The average molecular weight is 404 g/mol. The second-order valence-corrected chi connectivity index (χ2v) is 8.30. The molecule has 0 atom stereocenters. The highest BCUT2D eigenvalue weighted by molar-refractivity contribution is 7.13. The van der Waals surface area contributed by atoms with E-state index in [1.54, 1.807) is 17.6 Å². The molecule has 4 heterocycles. The summed E-state index contributed by atoms with van der Waals surface area (Å²) in [6.07, 6.45) is 1.67. The van der Waals surface area contributed by atoms with Crippen LogP contribution in [-0.2, 0) is 11.3 Å². The molecular formula is C18H21N5O2S2. The fraction of sp³-hybridized carbons (Fsp3) is 0.389. The molecule has 1 amide bonds. The SMILES string of the molecule is Cc1csc(NC(=O)CN2CCN(Cc3nc(-c4ccco4)cs3)CC2)n1. The lowest BCUT2D eigenvalue weighted by molar-refractivity contribution is -0.117. The normalized spacial score (nSPS) is 15.9. The van der Waals surface area contributed by atoms with Crippen LogP contribution in [0.2, 0.25) is 0 Å². The number of aromatic nitrogens is 2. The monoisotopic (exact) mass is 403 g/mol. The van der Waals surface area contributed by atoms with Crippen LogP contribution in [0.4, 0.5) is 5.13 Å². The van der Waals surface area contributed by atoms with E-state index in [1.165, 1.54) is 11.3 Å². The quantitative estimate of drug-likeness (QED) is 0.682. The van der Waals surface area contributed by atoms with E-state index in [1.807, 2.05) is 29.8 Å². The van der Waals surface area contributed by atoms with Gasteiger partial charge in [0.15, 0.2) is 10.9 Å². The molecule has 3 aromatic rings. The molecule has 1 saturated heterocycles. The molecule has 3 aromatic heterocycles. The van der Waals surface area contributed by atoms with Crippen LogP contribution in [0.5, 0.6) is 0 Å². The second kappa shape index (κ2) is 8.30. The Hall–Kier alpha value is -2.07. The van der Waals surface area contributed by atoms with E-state index in [0.717, 1.165) is 54.9 Å². The maximum atomic E-state index is 12.2. The number of nitrogens with zero attached hydrogens (tertiary/aromatic N) is 4. The largest absolute Gasteiger partial charge is 0.463 e. The van der Waals surface area contributed by atoms with Crippen LogP contribution < -0.4 is 5.32 Å². The minimum absolute atomic E-state index is 0.000753. The standard InChI is InChI=1S/C18H21N5O2S2/c1-13-11-27-18(19-13)21-16(24)9-22-4-6-23(7-5-22)10-17-20-14(12-26-17)15-3-2-8-25-15/h2-3,8,11-12H,4-7,9-10H2,1H3,(H,19,21,24). The maximum Gasteiger partial charge on any atom is 0.240 e. The van der Waals surface area contributed by atoms with Crippen molar-refractivity contribution in [3.8, 4) is 11.5 Å². The molecule has 1 aliphatic heterocycles. The molecule has 9 heteroatoms. The number of nitrogens with one attached hydrogen (secondary N) is 1. The number of rotatable bonds is 6. The van der Waals surface area contributed by atoms with E-state index in [0.29, 0.717) is 11.7 Å². The molecule has 0 unspecified atom stereocenters. The van der Waals surface area contributed by atoms with Gasteiger partial charge in [-0.2, -0.15) is 0 Å². The molecule has 1 N–H and O–H groups in total. The zero-order valence-electron chi connectivity index (χ0n) is 15.1. The predicted octanol–water partition coefficient (Wildman–Crippen LogP) is 2.92. The highest BCUT2D eigenvalue weighted by Gasteiger charge is 2.20. The summed E-state index contributed by atoms with van der Waals surface area (Å²) in [6.45, 7) is 6.78. The summed E-state index contributed by atoms with van der Waals surface area (Å²) < 4.78 is 5.40. The Bertz CT molecular complexity index is 881. The summed E-state index contributed by atoms with van der Waals surface area (Å²) in [5.41, 5.74) is 1.83. The van der Waals surface area contributed by atoms with E-state index in [2.05, 4.69) is 25.1 Å². The van der Waals surface area contributed by atoms with Gasteiger partial charge in [0.1, 0.15) is 10.7 Å². The molecule has 0 aromatic carbocycles. The van der Waals surface area contributed by atoms with Crippen LogP contribution in [0.1, 0.15) is 10.7 Å². The highest BCUT2D eigenvalue weighted by Crippen LogP contribution is 2.23. The summed E-state index contributed by atoms with van der Waals surface area (Å²) >= 11 is 3.12. The van der Waals surface area contributed by atoms with Crippen LogP contribution in [0, 0.1) is 6.92 Å². The van der Waals surface area contributed by atoms with E-state index < -0.39 is 0 Å². The number of aryl methyl sites for hydroxylation is 1. The van der Waals surface area contributed by atoms with E-state index in [4.69, 9.17) is 4.42 Å². The number of piperazine rings is 1. The van der Waals surface area contributed by atoms with Crippen molar-refractivity contribution in [2.75, 3.05) is 38.0 Å². The van der Waals surface area contributed by atoms with Crippen molar-refractivity contribution in [3.05, 3.63) is 39.9 Å². The summed E-state index contributed by atoms with van der Waals surface area (Å²) in [6, 6.07) is 3.80. The van der Waals surface area contributed by atoms with Crippen molar-refractivity contribution in [1.29, 1.82) is 0 Å². The van der Waals surface area contributed by atoms with Crippen molar-refractivity contribution in [1.82, 2.24) is 19.8 Å². The van der Waals surface area contributed by atoms with Crippen molar-refractivity contribution in [2.45, 2.75) is 13.5 Å².